The zero-order chi connectivity index (χ0) is 24.9. The number of fused-ring (bicyclic) bond motifs is 1. The minimum absolute atomic E-state index is 0.0863. The van der Waals surface area contributed by atoms with Gasteiger partial charge in [-0.3, -0.25) is 19.0 Å². The molecular weight excluding hydrogens is 474 g/mol. The second-order valence-corrected chi connectivity index (χ2v) is 9.13. The van der Waals surface area contributed by atoms with Crippen molar-refractivity contribution in [2.45, 2.75) is 44.5 Å². The molecule has 1 aliphatic rings. The van der Waals surface area contributed by atoms with Gasteiger partial charge in [0.05, 0.1) is 12.9 Å². The summed E-state index contributed by atoms with van der Waals surface area (Å²) in [6.45, 7) is 4.66. The monoisotopic (exact) mass is 499 g/mol. The Balaban J connectivity index is 1.66. The summed E-state index contributed by atoms with van der Waals surface area (Å²) in [7, 11) is 0. The molecule has 35 heavy (non-hydrogen) atoms. The van der Waals surface area contributed by atoms with Gasteiger partial charge in [0.15, 0.2) is 29.2 Å². The number of imidazole rings is 1. The summed E-state index contributed by atoms with van der Waals surface area (Å²) in [6, 6.07) is 8.78. The molecule has 11 nitrogen and oxygen atoms in total. The second-order valence-electron chi connectivity index (χ2n) is 7.73. The lowest BCUT2D eigenvalue weighted by atomic mass is 10.1. The number of rotatable bonds is 8. The molecule has 1 unspecified atom stereocenters. The molecule has 3 aromatic rings. The van der Waals surface area contributed by atoms with Crippen LogP contribution in [0.1, 0.15) is 36.5 Å². The molecule has 2 aromatic heterocycles. The number of aromatic nitrogens is 4. The Labute approximate surface area is 205 Å². The fourth-order valence-corrected chi connectivity index (χ4v) is 4.98. The number of hydrogen-bond donors (Lipinski definition) is 1. The summed E-state index contributed by atoms with van der Waals surface area (Å²) in [5.74, 6) is -0.345. The van der Waals surface area contributed by atoms with E-state index in [1.165, 1.54) is 31.9 Å². The number of benzene rings is 1. The molecule has 3 heterocycles. The number of anilines is 1. The van der Waals surface area contributed by atoms with E-state index in [1.807, 2.05) is 13.0 Å². The summed E-state index contributed by atoms with van der Waals surface area (Å²) in [6.07, 6.45) is 0.750. The van der Waals surface area contributed by atoms with Gasteiger partial charge in [0.25, 0.3) is 5.91 Å². The third-order valence-corrected chi connectivity index (χ3v) is 6.45. The quantitative estimate of drug-likeness (QED) is 0.461. The van der Waals surface area contributed by atoms with Crippen molar-refractivity contribution in [1.29, 1.82) is 0 Å². The highest BCUT2D eigenvalue weighted by atomic mass is 32.2. The van der Waals surface area contributed by atoms with Gasteiger partial charge in [-0.2, -0.15) is 0 Å². The number of esters is 2. The molecule has 4 rings (SSSR count). The Morgan fingerprint density at radius 2 is 1.89 bits per heavy atom. The lowest BCUT2D eigenvalue weighted by Gasteiger charge is -2.29. The Morgan fingerprint density at radius 3 is 2.57 bits per heavy atom. The van der Waals surface area contributed by atoms with Crippen molar-refractivity contribution in [3.05, 3.63) is 48.5 Å². The van der Waals surface area contributed by atoms with E-state index in [9.17, 15) is 14.4 Å². The molecule has 0 aliphatic carbocycles. The first-order valence-electron chi connectivity index (χ1n) is 11.0. The first-order valence-corrected chi connectivity index (χ1v) is 12.1. The van der Waals surface area contributed by atoms with Crippen LogP contribution in [0.3, 0.4) is 0 Å². The molecule has 12 heteroatoms. The number of hydrogen-bond acceptors (Lipinski definition) is 10. The predicted molar refractivity (Wildman–Crippen MR) is 128 cm³/mol. The summed E-state index contributed by atoms with van der Waals surface area (Å²) in [5.41, 5.74) is 1.35. The van der Waals surface area contributed by atoms with E-state index in [0.717, 1.165) is 0 Å². The van der Waals surface area contributed by atoms with Crippen molar-refractivity contribution in [3.63, 3.8) is 0 Å². The fraction of sp³-hybridized carbons (Fsp3) is 0.391. The van der Waals surface area contributed by atoms with Gasteiger partial charge in [-0.05, 0) is 17.9 Å². The summed E-state index contributed by atoms with van der Waals surface area (Å²) >= 11 is 1.53. The number of nitrogens with one attached hydrogen (secondary N) is 1. The minimum atomic E-state index is -0.808. The van der Waals surface area contributed by atoms with Crippen molar-refractivity contribution in [1.82, 2.24) is 19.5 Å². The van der Waals surface area contributed by atoms with Crippen LogP contribution in [-0.2, 0) is 23.8 Å². The molecule has 1 aliphatic heterocycles. The summed E-state index contributed by atoms with van der Waals surface area (Å²) in [5, 5.41) is 2.37. The van der Waals surface area contributed by atoms with Crippen LogP contribution >= 0.6 is 11.8 Å². The lowest BCUT2D eigenvalue weighted by Crippen LogP contribution is -2.40. The highest BCUT2D eigenvalue weighted by Gasteiger charge is 2.47. The van der Waals surface area contributed by atoms with Crippen LogP contribution in [0.4, 0.5) is 5.82 Å². The molecule has 1 fully saturated rings. The average Bonchev–Trinajstić information content (AvgIpc) is 3.42. The predicted octanol–water partition coefficient (Wildman–Crippen LogP) is 2.59. The molecule has 1 saturated heterocycles. The molecule has 0 bridgehead atoms. The summed E-state index contributed by atoms with van der Waals surface area (Å²) in [4.78, 5) is 49.1. The van der Waals surface area contributed by atoms with Gasteiger partial charge in [0.2, 0.25) is 0 Å². The van der Waals surface area contributed by atoms with Crippen LogP contribution in [0.15, 0.2) is 43.0 Å². The number of carbonyl (C=O) groups excluding carboxylic acids is 3. The third-order valence-electron chi connectivity index (χ3n) is 5.28. The van der Waals surface area contributed by atoms with Crippen molar-refractivity contribution < 1.29 is 28.6 Å². The molecule has 1 aromatic carbocycles. The molecule has 1 amide bonds. The molecule has 184 valence electrons. The minimum Gasteiger partial charge on any atom is -0.456 e. The zero-order valence-electron chi connectivity index (χ0n) is 19.4. The van der Waals surface area contributed by atoms with E-state index >= 15 is 0 Å². The molecular formula is C23H25N5O6S. The average molecular weight is 500 g/mol. The van der Waals surface area contributed by atoms with E-state index in [1.54, 1.807) is 35.2 Å². The fourth-order valence-electron chi connectivity index (χ4n) is 3.90. The standard InChI is InChI=1S/C23H25N5O6S/c1-4-35-23(19-18(34-14(3)30)16(10-32-19)33-13(2)29)28-12-26-17-20(24-11-25-21(17)28)27-22(31)15-8-6-5-7-9-15/h5-9,11-12,16,18-19,23H,4,10H2,1-3H3,(H,24,25,27,31)/t16-,18+,19-,23?/m1/s1. The van der Waals surface area contributed by atoms with E-state index in [4.69, 9.17) is 14.2 Å². The molecule has 1 N–H and O–H groups in total. The van der Waals surface area contributed by atoms with Gasteiger partial charge in [-0.25, -0.2) is 15.0 Å². The van der Waals surface area contributed by atoms with E-state index in [2.05, 4.69) is 20.3 Å². The van der Waals surface area contributed by atoms with Crippen LogP contribution in [0, 0.1) is 0 Å². The van der Waals surface area contributed by atoms with Crippen LogP contribution in [0.5, 0.6) is 0 Å². The van der Waals surface area contributed by atoms with Crippen LogP contribution in [-0.4, -0.2) is 68.0 Å². The first-order chi connectivity index (χ1) is 16.9. The van der Waals surface area contributed by atoms with Gasteiger partial charge < -0.3 is 19.5 Å². The van der Waals surface area contributed by atoms with E-state index in [0.29, 0.717) is 22.5 Å². The maximum absolute atomic E-state index is 12.7. The van der Waals surface area contributed by atoms with Crippen LogP contribution in [0.2, 0.25) is 0 Å². The molecule has 0 radical (unpaired) electrons. The van der Waals surface area contributed by atoms with Crippen molar-refractivity contribution in [3.8, 4) is 0 Å². The van der Waals surface area contributed by atoms with Gasteiger partial charge >= 0.3 is 11.9 Å². The van der Waals surface area contributed by atoms with Crippen molar-refractivity contribution >= 4 is 46.6 Å². The third kappa shape index (κ3) is 5.43. The Morgan fingerprint density at radius 1 is 1.14 bits per heavy atom. The number of carbonyl (C=O) groups is 3. The maximum Gasteiger partial charge on any atom is 0.303 e. The van der Waals surface area contributed by atoms with Crippen molar-refractivity contribution in [2.24, 2.45) is 0 Å². The molecule has 0 saturated carbocycles. The topological polar surface area (TPSA) is 135 Å². The van der Waals surface area contributed by atoms with Crippen LogP contribution < -0.4 is 5.32 Å². The van der Waals surface area contributed by atoms with Gasteiger partial charge in [0.1, 0.15) is 17.8 Å². The molecule has 0 spiro atoms. The highest BCUT2D eigenvalue weighted by Crippen LogP contribution is 2.38. The molecule has 4 atom stereocenters. The van der Waals surface area contributed by atoms with Gasteiger partial charge in [0, 0.05) is 19.4 Å². The smallest absolute Gasteiger partial charge is 0.303 e. The number of nitrogens with zero attached hydrogens (tertiary/aromatic N) is 4. The maximum atomic E-state index is 12.7. The number of ether oxygens (including phenoxy) is 3. The van der Waals surface area contributed by atoms with Crippen molar-refractivity contribution in [2.75, 3.05) is 17.7 Å². The number of amides is 1. The Hall–Kier alpha value is -3.51. The Bertz CT molecular complexity index is 1220. The van der Waals surface area contributed by atoms with Crippen LogP contribution in [0.25, 0.3) is 11.2 Å². The van der Waals surface area contributed by atoms with Gasteiger partial charge in [-0.1, -0.05) is 25.1 Å². The lowest BCUT2D eigenvalue weighted by molar-refractivity contribution is -0.163. The first kappa shape index (κ1) is 24.6. The number of thioether (sulfide) groups is 1. The Kier molecular flexibility index (Phi) is 7.61. The normalized spacial score (nSPS) is 20.4. The largest absolute Gasteiger partial charge is 0.456 e. The SMILES string of the molecule is CCSC([C@@H]1OC[C@@H](OC(C)=O)[C@@H]1OC(C)=O)n1cnc2c(NC(=O)c3ccccc3)ncnc21. The second kappa shape index (κ2) is 10.8. The highest BCUT2D eigenvalue weighted by molar-refractivity contribution is 7.99. The summed E-state index contributed by atoms with van der Waals surface area (Å²) < 4.78 is 18.6. The zero-order valence-corrected chi connectivity index (χ0v) is 20.2. The van der Waals surface area contributed by atoms with E-state index < -0.39 is 35.6 Å². The van der Waals surface area contributed by atoms with Gasteiger partial charge in [-0.15, -0.1) is 11.8 Å². The van der Waals surface area contributed by atoms with E-state index in [-0.39, 0.29) is 18.3 Å².